The predicted molar refractivity (Wildman–Crippen MR) is 58.4 cm³/mol. The molecule has 0 aliphatic carbocycles. The molecule has 0 bridgehead atoms. The Morgan fingerprint density at radius 3 is 2.87 bits per heavy atom. The summed E-state index contributed by atoms with van der Waals surface area (Å²) in [5, 5.41) is 3.38. The van der Waals surface area contributed by atoms with E-state index in [0.29, 0.717) is 19.4 Å². The molecule has 1 aromatic carbocycles. The van der Waals surface area contributed by atoms with E-state index in [4.69, 9.17) is 9.47 Å². The summed E-state index contributed by atoms with van der Waals surface area (Å²) in [6, 6.07) is 10.9. The van der Waals surface area contributed by atoms with Gasteiger partial charge < -0.3 is 9.47 Å². The van der Waals surface area contributed by atoms with E-state index in [-0.39, 0.29) is 6.23 Å². The van der Waals surface area contributed by atoms with Crippen molar-refractivity contribution in [2.45, 2.75) is 25.6 Å². The smallest absolute Gasteiger partial charge is 0.149 e. The fourth-order valence-electron chi connectivity index (χ4n) is 1.77. The highest BCUT2D eigenvalue weighted by Crippen LogP contribution is 2.06. The monoisotopic (exact) mass is 207 g/mol. The van der Waals surface area contributed by atoms with Crippen LogP contribution in [0.3, 0.4) is 0 Å². The summed E-state index contributed by atoms with van der Waals surface area (Å²) in [7, 11) is 0. The van der Waals surface area contributed by atoms with Crippen molar-refractivity contribution in [3.8, 4) is 0 Å². The second-order valence-electron chi connectivity index (χ2n) is 3.90. The zero-order chi connectivity index (χ0) is 10.5. The van der Waals surface area contributed by atoms with Gasteiger partial charge in [-0.1, -0.05) is 30.3 Å². The van der Waals surface area contributed by atoms with Crippen LogP contribution in [-0.2, 0) is 15.9 Å². The highest BCUT2D eigenvalue weighted by Gasteiger charge is 2.17. The van der Waals surface area contributed by atoms with Crippen LogP contribution < -0.4 is 5.32 Å². The lowest BCUT2D eigenvalue weighted by atomic mass is 10.1. The number of rotatable bonds is 4. The molecule has 0 radical (unpaired) electrons. The lowest BCUT2D eigenvalue weighted by Crippen LogP contribution is -2.39. The van der Waals surface area contributed by atoms with E-state index in [1.165, 1.54) is 5.56 Å². The molecule has 1 aliphatic heterocycles. The Morgan fingerprint density at radius 1 is 1.40 bits per heavy atom. The molecule has 0 spiro atoms. The first-order valence-corrected chi connectivity index (χ1v) is 5.34. The summed E-state index contributed by atoms with van der Waals surface area (Å²) in [5.74, 6) is 0. The van der Waals surface area contributed by atoms with Crippen LogP contribution in [-0.4, -0.2) is 25.7 Å². The Hall–Kier alpha value is -0.900. The van der Waals surface area contributed by atoms with Crippen LogP contribution in [0.15, 0.2) is 30.3 Å². The maximum Gasteiger partial charge on any atom is 0.149 e. The molecule has 82 valence electrons. The highest BCUT2D eigenvalue weighted by atomic mass is 16.7. The minimum Gasteiger partial charge on any atom is -0.351 e. The van der Waals surface area contributed by atoms with Gasteiger partial charge in [0.1, 0.15) is 13.0 Å². The molecule has 0 aromatic heterocycles. The van der Waals surface area contributed by atoms with Crippen LogP contribution in [0.25, 0.3) is 0 Å². The first kappa shape index (κ1) is 10.6. The number of nitrogens with one attached hydrogen (secondary N) is 1. The molecule has 15 heavy (non-hydrogen) atoms. The van der Waals surface area contributed by atoms with E-state index in [2.05, 4.69) is 36.5 Å². The van der Waals surface area contributed by atoms with Gasteiger partial charge >= 0.3 is 0 Å². The van der Waals surface area contributed by atoms with Crippen molar-refractivity contribution < 1.29 is 9.47 Å². The van der Waals surface area contributed by atoms with Gasteiger partial charge in [-0.3, -0.25) is 5.32 Å². The molecule has 0 amide bonds. The summed E-state index contributed by atoms with van der Waals surface area (Å²) in [6.07, 6.45) is 1.07. The maximum absolute atomic E-state index is 5.33. The summed E-state index contributed by atoms with van der Waals surface area (Å²) in [6.45, 7) is 3.23. The largest absolute Gasteiger partial charge is 0.351 e. The van der Waals surface area contributed by atoms with Gasteiger partial charge in [0.2, 0.25) is 0 Å². The molecular weight excluding hydrogens is 190 g/mol. The SMILES string of the molecule is CC(Cc1ccccc1)NC1COCO1. The zero-order valence-corrected chi connectivity index (χ0v) is 8.98. The average Bonchev–Trinajstić information content (AvgIpc) is 2.71. The molecule has 2 rings (SSSR count). The van der Waals surface area contributed by atoms with Crippen molar-refractivity contribution in [1.29, 1.82) is 0 Å². The van der Waals surface area contributed by atoms with Crippen molar-refractivity contribution >= 4 is 0 Å². The Kier molecular flexibility index (Phi) is 3.72. The van der Waals surface area contributed by atoms with Crippen molar-refractivity contribution in [2.24, 2.45) is 0 Å². The minimum atomic E-state index is 0.0590. The third-order valence-electron chi connectivity index (χ3n) is 2.48. The van der Waals surface area contributed by atoms with Gasteiger partial charge in [-0.15, -0.1) is 0 Å². The summed E-state index contributed by atoms with van der Waals surface area (Å²) in [4.78, 5) is 0. The Balaban J connectivity index is 1.79. The standard InChI is InChI=1S/C12H17NO2/c1-10(13-12-8-14-9-15-12)7-11-5-3-2-4-6-11/h2-6,10,12-13H,7-9H2,1H3. The third-order valence-corrected chi connectivity index (χ3v) is 2.48. The second kappa shape index (κ2) is 5.26. The highest BCUT2D eigenvalue weighted by molar-refractivity contribution is 5.15. The van der Waals surface area contributed by atoms with Gasteiger partial charge in [0, 0.05) is 6.04 Å². The molecule has 1 N–H and O–H groups in total. The third kappa shape index (κ3) is 3.30. The topological polar surface area (TPSA) is 30.5 Å². The van der Waals surface area contributed by atoms with Crippen LogP contribution in [0.4, 0.5) is 0 Å². The molecule has 2 atom stereocenters. The summed E-state index contributed by atoms with van der Waals surface area (Å²) >= 11 is 0. The molecule has 0 saturated carbocycles. The van der Waals surface area contributed by atoms with E-state index in [1.54, 1.807) is 0 Å². The van der Waals surface area contributed by atoms with Crippen LogP contribution in [0.5, 0.6) is 0 Å². The first-order chi connectivity index (χ1) is 7.34. The number of hydrogen-bond donors (Lipinski definition) is 1. The molecule has 1 heterocycles. The second-order valence-corrected chi connectivity index (χ2v) is 3.90. The Morgan fingerprint density at radius 2 is 2.20 bits per heavy atom. The zero-order valence-electron chi connectivity index (χ0n) is 8.98. The fourth-order valence-corrected chi connectivity index (χ4v) is 1.77. The summed E-state index contributed by atoms with van der Waals surface area (Å²) < 4.78 is 10.5. The van der Waals surface area contributed by atoms with Gasteiger partial charge in [0.15, 0.2) is 0 Å². The molecule has 3 heteroatoms. The van der Waals surface area contributed by atoms with E-state index in [9.17, 15) is 0 Å². The predicted octanol–water partition coefficient (Wildman–Crippen LogP) is 1.54. The van der Waals surface area contributed by atoms with Crippen LogP contribution in [0.2, 0.25) is 0 Å². The van der Waals surface area contributed by atoms with E-state index >= 15 is 0 Å². The summed E-state index contributed by atoms with van der Waals surface area (Å²) in [5.41, 5.74) is 1.34. The Bertz CT molecular complexity index is 283. The minimum absolute atomic E-state index is 0.0590. The molecule has 1 aliphatic rings. The van der Waals surface area contributed by atoms with Crippen molar-refractivity contribution in [2.75, 3.05) is 13.4 Å². The first-order valence-electron chi connectivity index (χ1n) is 5.34. The van der Waals surface area contributed by atoms with E-state index in [1.807, 2.05) is 6.07 Å². The fraction of sp³-hybridized carbons (Fsp3) is 0.500. The van der Waals surface area contributed by atoms with Gasteiger partial charge in [-0.2, -0.15) is 0 Å². The molecule has 1 aromatic rings. The number of ether oxygens (including phenoxy) is 2. The van der Waals surface area contributed by atoms with Gasteiger partial charge in [-0.05, 0) is 18.9 Å². The molecular formula is C12H17NO2. The van der Waals surface area contributed by atoms with Crippen LogP contribution >= 0.6 is 0 Å². The molecule has 2 unspecified atom stereocenters. The maximum atomic E-state index is 5.33. The van der Waals surface area contributed by atoms with Crippen molar-refractivity contribution in [3.63, 3.8) is 0 Å². The number of hydrogen-bond acceptors (Lipinski definition) is 3. The average molecular weight is 207 g/mol. The van der Waals surface area contributed by atoms with Gasteiger partial charge in [-0.25, -0.2) is 0 Å². The quantitative estimate of drug-likeness (QED) is 0.812. The van der Waals surface area contributed by atoms with Crippen LogP contribution in [0, 0.1) is 0 Å². The van der Waals surface area contributed by atoms with E-state index < -0.39 is 0 Å². The molecule has 1 saturated heterocycles. The van der Waals surface area contributed by atoms with Gasteiger partial charge in [0.25, 0.3) is 0 Å². The van der Waals surface area contributed by atoms with Crippen LogP contribution in [0.1, 0.15) is 12.5 Å². The number of benzene rings is 1. The molecule has 3 nitrogen and oxygen atoms in total. The van der Waals surface area contributed by atoms with E-state index in [0.717, 1.165) is 6.42 Å². The van der Waals surface area contributed by atoms with Crippen molar-refractivity contribution in [3.05, 3.63) is 35.9 Å². The van der Waals surface area contributed by atoms with Crippen molar-refractivity contribution in [1.82, 2.24) is 5.32 Å². The Labute approximate surface area is 90.4 Å². The normalized spacial score (nSPS) is 22.9. The lowest BCUT2D eigenvalue weighted by Gasteiger charge is -2.17. The van der Waals surface area contributed by atoms with Gasteiger partial charge in [0.05, 0.1) is 6.61 Å². The lowest BCUT2D eigenvalue weighted by molar-refractivity contribution is 0.0338. The molecule has 1 fully saturated rings.